The zero-order chi connectivity index (χ0) is 16.5. The van der Waals surface area contributed by atoms with Crippen LogP contribution in [0.15, 0.2) is 33.7 Å². The Morgan fingerprint density at radius 3 is 2.74 bits per heavy atom. The molecule has 23 heavy (non-hydrogen) atoms. The third-order valence-corrected chi connectivity index (χ3v) is 5.41. The smallest absolute Gasteiger partial charge is 0.243 e. The second-order valence-electron chi connectivity index (χ2n) is 5.60. The van der Waals surface area contributed by atoms with Crippen LogP contribution < -0.4 is 10.5 Å². The molecule has 2 aromatic rings. The largest absolute Gasteiger partial charge is 0.339 e. The molecular formula is C14H17FN4O3S. The molecule has 0 atom stereocenters. The normalized spacial score (nSPS) is 17.0. The molecule has 124 valence electrons. The van der Waals surface area contributed by atoms with Gasteiger partial charge in [0.2, 0.25) is 15.9 Å². The van der Waals surface area contributed by atoms with Crippen molar-refractivity contribution >= 4 is 10.0 Å². The van der Waals surface area contributed by atoms with Crippen molar-refractivity contribution in [3.8, 4) is 0 Å². The highest BCUT2D eigenvalue weighted by Crippen LogP contribution is 2.36. The third-order valence-electron chi connectivity index (χ3n) is 3.92. The zero-order valence-corrected chi connectivity index (χ0v) is 13.1. The Kier molecular flexibility index (Phi) is 4.17. The maximum absolute atomic E-state index is 13.5. The summed E-state index contributed by atoms with van der Waals surface area (Å²) in [6.07, 6.45) is 2.86. The lowest BCUT2D eigenvalue weighted by atomic mass is 9.77. The predicted molar refractivity (Wildman–Crippen MR) is 79.3 cm³/mol. The van der Waals surface area contributed by atoms with Gasteiger partial charge in [-0.3, -0.25) is 0 Å². The van der Waals surface area contributed by atoms with E-state index in [0.29, 0.717) is 11.7 Å². The van der Waals surface area contributed by atoms with Gasteiger partial charge in [-0.25, -0.2) is 17.5 Å². The first-order chi connectivity index (χ1) is 10.9. The summed E-state index contributed by atoms with van der Waals surface area (Å²) in [5.74, 6) is -0.0428. The molecule has 0 radical (unpaired) electrons. The molecular weight excluding hydrogens is 323 g/mol. The number of nitrogens with two attached hydrogens (primary N) is 1. The Morgan fingerprint density at radius 2 is 2.09 bits per heavy atom. The van der Waals surface area contributed by atoms with Crippen molar-refractivity contribution in [2.24, 2.45) is 5.73 Å². The standard InChI is InChI=1S/C14H17FN4O3S/c15-10-4-1-2-5-11(10)23(20,21)17-9-6-12-18-13(19-22-12)14(16)7-3-8-14/h1-2,4-5,17H,3,6-9,16H2. The van der Waals surface area contributed by atoms with E-state index in [2.05, 4.69) is 14.9 Å². The number of rotatable bonds is 6. The number of halogens is 1. The molecule has 0 spiro atoms. The van der Waals surface area contributed by atoms with Crippen LogP contribution in [-0.4, -0.2) is 25.1 Å². The highest BCUT2D eigenvalue weighted by atomic mass is 32.2. The van der Waals surface area contributed by atoms with Crippen LogP contribution in [0, 0.1) is 5.82 Å². The average Bonchev–Trinajstić information content (AvgIpc) is 2.94. The van der Waals surface area contributed by atoms with Gasteiger partial charge in [-0.05, 0) is 31.4 Å². The van der Waals surface area contributed by atoms with Crippen molar-refractivity contribution in [2.45, 2.75) is 36.1 Å². The van der Waals surface area contributed by atoms with Gasteiger partial charge in [-0.2, -0.15) is 4.98 Å². The average molecular weight is 340 g/mol. The van der Waals surface area contributed by atoms with Gasteiger partial charge in [0.05, 0.1) is 5.54 Å². The molecule has 1 aromatic carbocycles. The molecule has 3 rings (SSSR count). The van der Waals surface area contributed by atoms with Crippen LogP contribution in [0.2, 0.25) is 0 Å². The zero-order valence-electron chi connectivity index (χ0n) is 12.3. The minimum absolute atomic E-state index is 0.0237. The summed E-state index contributed by atoms with van der Waals surface area (Å²) < 4.78 is 45.0. The number of aromatic nitrogens is 2. The van der Waals surface area contributed by atoms with Crippen molar-refractivity contribution in [3.63, 3.8) is 0 Å². The quantitative estimate of drug-likeness (QED) is 0.813. The molecule has 7 nitrogen and oxygen atoms in total. The van der Waals surface area contributed by atoms with Gasteiger partial charge in [-0.1, -0.05) is 17.3 Å². The van der Waals surface area contributed by atoms with Gasteiger partial charge in [-0.15, -0.1) is 0 Å². The molecule has 0 saturated heterocycles. The van der Waals surface area contributed by atoms with Crippen LogP contribution in [0.1, 0.15) is 31.0 Å². The fraction of sp³-hybridized carbons (Fsp3) is 0.429. The minimum Gasteiger partial charge on any atom is -0.339 e. The summed E-state index contributed by atoms with van der Waals surface area (Å²) in [5.41, 5.74) is 5.57. The number of hydrogen-bond acceptors (Lipinski definition) is 6. The monoisotopic (exact) mass is 340 g/mol. The summed E-state index contributed by atoms with van der Waals surface area (Å²) >= 11 is 0. The molecule has 1 fully saturated rings. The second-order valence-corrected chi connectivity index (χ2v) is 7.33. The minimum atomic E-state index is -3.92. The maximum Gasteiger partial charge on any atom is 0.243 e. The number of nitrogens with one attached hydrogen (secondary N) is 1. The fourth-order valence-electron chi connectivity index (χ4n) is 2.37. The topological polar surface area (TPSA) is 111 Å². The van der Waals surface area contributed by atoms with E-state index in [-0.39, 0.29) is 17.9 Å². The van der Waals surface area contributed by atoms with Crippen LogP contribution in [0.3, 0.4) is 0 Å². The summed E-state index contributed by atoms with van der Waals surface area (Å²) in [6, 6.07) is 5.19. The second kappa shape index (κ2) is 5.99. The van der Waals surface area contributed by atoms with E-state index in [1.807, 2.05) is 0 Å². The van der Waals surface area contributed by atoms with E-state index in [1.165, 1.54) is 18.2 Å². The molecule has 0 bridgehead atoms. The first-order valence-corrected chi connectivity index (χ1v) is 8.75. The lowest BCUT2D eigenvalue weighted by molar-refractivity contribution is 0.229. The van der Waals surface area contributed by atoms with Gasteiger partial charge < -0.3 is 10.3 Å². The Balaban J connectivity index is 1.60. The Labute approximate surface area is 133 Å². The molecule has 1 aliphatic rings. The number of benzene rings is 1. The van der Waals surface area contributed by atoms with Crippen molar-refractivity contribution in [2.75, 3.05) is 6.54 Å². The summed E-state index contributed by atoms with van der Waals surface area (Å²) in [4.78, 5) is 3.81. The van der Waals surface area contributed by atoms with E-state index >= 15 is 0 Å². The lowest BCUT2D eigenvalue weighted by Gasteiger charge is -2.34. The van der Waals surface area contributed by atoms with Crippen molar-refractivity contribution in [1.82, 2.24) is 14.9 Å². The molecule has 0 aliphatic heterocycles. The van der Waals surface area contributed by atoms with Gasteiger partial charge in [0, 0.05) is 13.0 Å². The van der Waals surface area contributed by atoms with E-state index in [9.17, 15) is 12.8 Å². The number of sulfonamides is 1. The first kappa shape index (κ1) is 16.0. The predicted octanol–water partition coefficient (Wildman–Crippen LogP) is 1.07. The van der Waals surface area contributed by atoms with Gasteiger partial charge in [0.1, 0.15) is 10.7 Å². The van der Waals surface area contributed by atoms with E-state index < -0.39 is 21.4 Å². The number of hydrogen-bond donors (Lipinski definition) is 2. The summed E-state index contributed by atoms with van der Waals surface area (Å²) in [7, 11) is -3.92. The summed E-state index contributed by atoms with van der Waals surface area (Å²) in [5, 5.41) is 3.85. The highest BCUT2D eigenvalue weighted by Gasteiger charge is 2.38. The Bertz CT molecular complexity index is 802. The van der Waals surface area contributed by atoms with Crippen LogP contribution in [0.4, 0.5) is 4.39 Å². The molecule has 3 N–H and O–H groups in total. The van der Waals surface area contributed by atoms with E-state index in [0.717, 1.165) is 25.3 Å². The lowest BCUT2D eigenvalue weighted by Crippen LogP contribution is -2.44. The van der Waals surface area contributed by atoms with Gasteiger partial charge in [0.25, 0.3) is 0 Å². The fourth-order valence-corrected chi connectivity index (χ4v) is 3.48. The molecule has 1 heterocycles. The van der Waals surface area contributed by atoms with Gasteiger partial charge in [0.15, 0.2) is 5.82 Å². The molecule has 1 aromatic heterocycles. The van der Waals surface area contributed by atoms with Crippen LogP contribution in [0.5, 0.6) is 0 Å². The third kappa shape index (κ3) is 3.26. The Hall–Kier alpha value is -1.84. The van der Waals surface area contributed by atoms with Crippen molar-refractivity contribution < 1.29 is 17.3 Å². The highest BCUT2D eigenvalue weighted by molar-refractivity contribution is 7.89. The first-order valence-electron chi connectivity index (χ1n) is 7.27. The van der Waals surface area contributed by atoms with Gasteiger partial charge >= 0.3 is 0 Å². The van der Waals surface area contributed by atoms with E-state index in [1.54, 1.807) is 0 Å². The number of nitrogens with zero attached hydrogens (tertiary/aromatic N) is 2. The van der Waals surface area contributed by atoms with Crippen LogP contribution >= 0.6 is 0 Å². The van der Waals surface area contributed by atoms with Crippen LogP contribution in [0.25, 0.3) is 0 Å². The molecule has 0 unspecified atom stereocenters. The molecule has 1 aliphatic carbocycles. The molecule has 9 heteroatoms. The summed E-state index contributed by atoms with van der Waals surface area (Å²) in [6.45, 7) is 0.0237. The Morgan fingerprint density at radius 1 is 1.35 bits per heavy atom. The van der Waals surface area contributed by atoms with Crippen LogP contribution in [-0.2, 0) is 22.0 Å². The van der Waals surface area contributed by atoms with Crippen molar-refractivity contribution in [3.05, 3.63) is 41.8 Å². The molecule has 1 saturated carbocycles. The van der Waals surface area contributed by atoms with E-state index in [4.69, 9.17) is 10.3 Å². The molecule has 0 amide bonds. The SMILES string of the molecule is NC1(c2noc(CCNS(=O)(=O)c3ccccc3F)n2)CCC1. The maximum atomic E-state index is 13.5. The van der Waals surface area contributed by atoms with Crippen molar-refractivity contribution in [1.29, 1.82) is 0 Å².